The number of hydrogen-bond donors (Lipinski definition) is 3. The summed E-state index contributed by atoms with van der Waals surface area (Å²) < 4.78 is 5.44. The number of fused-ring (bicyclic) bond motifs is 1. The summed E-state index contributed by atoms with van der Waals surface area (Å²) in [5.74, 6) is -1.67. The summed E-state index contributed by atoms with van der Waals surface area (Å²) in [4.78, 5) is 68.7. The third kappa shape index (κ3) is 6.41. The Labute approximate surface area is 244 Å². The van der Waals surface area contributed by atoms with E-state index < -0.39 is 52.3 Å². The van der Waals surface area contributed by atoms with Gasteiger partial charge >= 0.3 is 6.09 Å². The molecule has 4 rings (SSSR count). The lowest BCUT2D eigenvalue weighted by Gasteiger charge is -2.47. The molecule has 0 bridgehead atoms. The first-order chi connectivity index (χ1) is 18.8. The van der Waals surface area contributed by atoms with E-state index in [0.29, 0.717) is 19.4 Å². The monoisotopic (exact) mass is 574 g/mol. The second-order valence-corrected chi connectivity index (χ2v) is 15.5. The summed E-state index contributed by atoms with van der Waals surface area (Å²) in [6.07, 6.45) is 3.75. The first-order valence-electron chi connectivity index (χ1n) is 15.3. The van der Waals surface area contributed by atoms with Gasteiger partial charge in [-0.15, -0.1) is 0 Å². The van der Waals surface area contributed by atoms with E-state index in [2.05, 4.69) is 36.7 Å². The van der Waals surface area contributed by atoms with Crippen molar-refractivity contribution in [2.45, 2.75) is 130 Å². The minimum Gasteiger partial charge on any atom is -0.444 e. The molecule has 0 spiro atoms. The highest BCUT2D eigenvalue weighted by molar-refractivity contribution is 6.40. The molecule has 1 heterocycles. The fourth-order valence-electron chi connectivity index (χ4n) is 6.94. The molecule has 0 aromatic rings. The number of ketones is 1. The number of piperidine rings is 1. The van der Waals surface area contributed by atoms with Crippen LogP contribution in [0.3, 0.4) is 0 Å². The molecule has 4 amide bonds. The predicted molar refractivity (Wildman–Crippen MR) is 154 cm³/mol. The van der Waals surface area contributed by atoms with Crippen molar-refractivity contribution in [3.05, 3.63) is 0 Å². The molecule has 1 aliphatic heterocycles. The first kappa shape index (κ1) is 31.3. The van der Waals surface area contributed by atoms with Crippen LogP contribution in [0.15, 0.2) is 0 Å². The van der Waals surface area contributed by atoms with E-state index in [4.69, 9.17) is 4.74 Å². The van der Waals surface area contributed by atoms with Gasteiger partial charge in [-0.1, -0.05) is 54.4 Å². The maximum absolute atomic E-state index is 14.1. The molecular weight excluding hydrogens is 524 g/mol. The molecule has 3 N–H and O–H groups in total. The highest BCUT2D eigenvalue weighted by Crippen LogP contribution is 2.65. The van der Waals surface area contributed by atoms with E-state index in [0.717, 1.165) is 25.7 Å². The molecule has 0 aromatic carbocycles. The molecule has 1 saturated heterocycles. The SMILES string of the molecule is CCCC1CC(NC(=O)[C@@H]2[C@@H]3[C@H](CN2C(=O)[C@@H](NC(=O)OC(C)(C)C)C(C)(C)C)C3(C)C)(C(=O)C(=O)NC2CC2)C1. The molecule has 10 heteroatoms. The zero-order chi connectivity index (χ0) is 30.7. The van der Waals surface area contributed by atoms with Crippen LogP contribution >= 0.6 is 0 Å². The molecule has 3 saturated carbocycles. The average molecular weight is 575 g/mol. The summed E-state index contributed by atoms with van der Waals surface area (Å²) in [6.45, 7) is 17.5. The zero-order valence-electron chi connectivity index (χ0n) is 26.3. The molecule has 3 aliphatic carbocycles. The number of carbonyl (C=O) groups excluding carboxylic acids is 5. The number of nitrogens with one attached hydrogen (secondary N) is 3. The van der Waals surface area contributed by atoms with Crippen molar-refractivity contribution in [1.29, 1.82) is 0 Å². The van der Waals surface area contributed by atoms with Crippen LogP contribution in [0.25, 0.3) is 0 Å². The van der Waals surface area contributed by atoms with Crippen molar-refractivity contribution in [2.24, 2.45) is 28.6 Å². The second-order valence-electron chi connectivity index (χ2n) is 15.5. The standard InChI is InChI=1S/C31H50N4O6/c1-10-11-17-14-31(15-17,23(36)25(38)32-18-12-13-18)34-24(37)21-20-19(30(20,8)9)16-35(21)26(39)22(28(2,3)4)33-27(40)41-29(5,6)7/h17-22H,10-16H2,1-9H3,(H,32,38)(H,33,40)(H,34,37)/t17?,19-,20-,21-,22+,31?/m0/s1. The summed E-state index contributed by atoms with van der Waals surface area (Å²) >= 11 is 0. The fraction of sp³-hybridized carbons (Fsp3) is 0.839. The van der Waals surface area contributed by atoms with E-state index >= 15 is 0 Å². The molecule has 41 heavy (non-hydrogen) atoms. The van der Waals surface area contributed by atoms with Crippen molar-refractivity contribution < 1.29 is 28.7 Å². The number of carbonyl (C=O) groups is 5. The largest absolute Gasteiger partial charge is 0.444 e. The molecule has 4 fully saturated rings. The van der Waals surface area contributed by atoms with Crippen LogP contribution < -0.4 is 16.0 Å². The number of likely N-dealkylation sites (tertiary alicyclic amines) is 1. The van der Waals surface area contributed by atoms with Crippen molar-refractivity contribution in [1.82, 2.24) is 20.9 Å². The molecule has 230 valence electrons. The van der Waals surface area contributed by atoms with E-state index in [1.807, 2.05) is 20.8 Å². The Morgan fingerprint density at radius 3 is 2.12 bits per heavy atom. The number of rotatable bonds is 9. The van der Waals surface area contributed by atoms with Gasteiger partial charge in [0.1, 0.15) is 23.2 Å². The topological polar surface area (TPSA) is 134 Å². The van der Waals surface area contributed by atoms with Crippen LogP contribution in [0, 0.1) is 28.6 Å². The van der Waals surface area contributed by atoms with Crippen LogP contribution in [0.1, 0.15) is 101 Å². The second kappa shape index (κ2) is 10.6. The van der Waals surface area contributed by atoms with Crippen molar-refractivity contribution >= 4 is 29.6 Å². The molecule has 0 unspecified atom stereocenters. The average Bonchev–Trinajstić information content (AvgIpc) is 3.65. The normalized spacial score (nSPS) is 30.8. The summed E-state index contributed by atoms with van der Waals surface area (Å²) in [6, 6.07) is -1.69. The zero-order valence-corrected chi connectivity index (χ0v) is 26.3. The number of Topliss-reactive ketones (excluding diaryl/α,β-unsaturated/α-hetero) is 1. The van der Waals surface area contributed by atoms with Gasteiger partial charge in [0.2, 0.25) is 17.6 Å². The molecule has 4 aliphatic rings. The first-order valence-corrected chi connectivity index (χ1v) is 15.3. The van der Waals surface area contributed by atoms with E-state index in [9.17, 15) is 24.0 Å². The van der Waals surface area contributed by atoms with Crippen LogP contribution in [0.5, 0.6) is 0 Å². The Kier molecular flexibility index (Phi) is 8.06. The van der Waals surface area contributed by atoms with Gasteiger partial charge < -0.3 is 25.6 Å². The Hall–Kier alpha value is -2.65. The van der Waals surface area contributed by atoms with Crippen molar-refractivity contribution in [3.63, 3.8) is 0 Å². The van der Waals surface area contributed by atoms with Crippen LogP contribution in [-0.4, -0.2) is 70.3 Å². The molecular formula is C31H50N4O6. The van der Waals surface area contributed by atoms with Gasteiger partial charge in [-0.25, -0.2) is 4.79 Å². The van der Waals surface area contributed by atoms with Gasteiger partial charge in [0.25, 0.3) is 5.91 Å². The van der Waals surface area contributed by atoms with Gasteiger partial charge in [-0.3, -0.25) is 19.2 Å². The highest BCUT2D eigenvalue weighted by atomic mass is 16.6. The van der Waals surface area contributed by atoms with Crippen LogP contribution in [-0.2, 0) is 23.9 Å². The van der Waals surface area contributed by atoms with Crippen molar-refractivity contribution in [2.75, 3.05) is 6.54 Å². The summed E-state index contributed by atoms with van der Waals surface area (Å²) in [5, 5.41) is 8.55. The van der Waals surface area contributed by atoms with Crippen LogP contribution in [0.2, 0.25) is 0 Å². The number of alkyl carbamates (subject to hydrolysis) is 1. The van der Waals surface area contributed by atoms with E-state index in [1.54, 1.807) is 25.7 Å². The van der Waals surface area contributed by atoms with Crippen molar-refractivity contribution in [3.8, 4) is 0 Å². The summed E-state index contributed by atoms with van der Waals surface area (Å²) in [7, 11) is 0. The van der Waals surface area contributed by atoms with Gasteiger partial charge in [0.05, 0.1) is 0 Å². The Morgan fingerprint density at radius 2 is 1.61 bits per heavy atom. The summed E-state index contributed by atoms with van der Waals surface area (Å²) in [5.41, 5.74) is -2.78. The van der Waals surface area contributed by atoms with Gasteiger partial charge in [0.15, 0.2) is 0 Å². The maximum Gasteiger partial charge on any atom is 0.408 e. The number of amides is 4. The fourth-order valence-corrected chi connectivity index (χ4v) is 6.94. The lowest BCUT2D eigenvalue weighted by Crippen LogP contribution is -2.68. The minimum absolute atomic E-state index is 0.0356. The lowest BCUT2D eigenvalue weighted by atomic mass is 9.64. The molecule has 4 atom stereocenters. The highest BCUT2D eigenvalue weighted by Gasteiger charge is 2.70. The Morgan fingerprint density at radius 1 is 1.00 bits per heavy atom. The van der Waals surface area contributed by atoms with E-state index in [-0.39, 0.29) is 35.1 Å². The van der Waals surface area contributed by atoms with Crippen LogP contribution in [0.4, 0.5) is 4.79 Å². The quantitative estimate of drug-likeness (QED) is 0.362. The lowest BCUT2D eigenvalue weighted by molar-refractivity contribution is -0.151. The number of ether oxygens (including phenoxy) is 1. The Bertz CT molecular complexity index is 1090. The molecule has 0 aromatic heterocycles. The Balaban J connectivity index is 1.56. The van der Waals surface area contributed by atoms with Gasteiger partial charge in [-0.2, -0.15) is 0 Å². The minimum atomic E-state index is -1.25. The number of nitrogens with zero attached hydrogens (tertiary/aromatic N) is 1. The molecule has 10 nitrogen and oxygen atoms in total. The molecule has 0 radical (unpaired) electrons. The van der Waals surface area contributed by atoms with Gasteiger partial charge in [0, 0.05) is 12.6 Å². The van der Waals surface area contributed by atoms with E-state index in [1.165, 1.54) is 0 Å². The third-order valence-corrected chi connectivity index (χ3v) is 9.42. The smallest absolute Gasteiger partial charge is 0.408 e. The number of hydrogen-bond acceptors (Lipinski definition) is 6. The van der Waals surface area contributed by atoms with Gasteiger partial charge in [-0.05, 0) is 75.0 Å². The maximum atomic E-state index is 14.1. The third-order valence-electron chi connectivity index (χ3n) is 9.42. The predicted octanol–water partition coefficient (Wildman–Crippen LogP) is 3.32.